The van der Waals surface area contributed by atoms with Crippen molar-refractivity contribution in [3.63, 3.8) is 0 Å². The van der Waals surface area contributed by atoms with Crippen molar-refractivity contribution in [2.45, 2.75) is 50.5 Å². The summed E-state index contributed by atoms with van der Waals surface area (Å²) < 4.78 is 0. The largest absolute Gasteiger partial charge is 0.324 e. The van der Waals surface area contributed by atoms with Crippen molar-refractivity contribution in [2.24, 2.45) is 5.73 Å². The summed E-state index contributed by atoms with van der Waals surface area (Å²) in [5, 5.41) is 0. The molecule has 2 aliphatic carbocycles. The van der Waals surface area contributed by atoms with E-state index in [-0.39, 0.29) is 6.04 Å². The smallest absolute Gasteiger partial charge is 0.132 e. The fraction of sp³-hybridized carbons (Fsp3) is 0.444. The fourth-order valence-electron chi connectivity index (χ4n) is 3.70. The van der Waals surface area contributed by atoms with Crippen LogP contribution in [0.3, 0.4) is 0 Å². The number of hydrogen-bond acceptors (Lipinski definition) is 3. The van der Waals surface area contributed by atoms with E-state index in [9.17, 15) is 0 Å². The lowest BCUT2D eigenvalue weighted by molar-refractivity contribution is 0.613. The first-order valence-corrected chi connectivity index (χ1v) is 7.99. The lowest BCUT2D eigenvalue weighted by Gasteiger charge is -2.14. The Hall–Kier alpha value is -1.74. The second-order valence-electron chi connectivity index (χ2n) is 6.36. The van der Waals surface area contributed by atoms with Gasteiger partial charge in [0, 0.05) is 29.4 Å². The topological polar surface area (TPSA) is 51.8 Å². The molecule has 1 aromatic carbocycles. The van der Waals surface area contributed by atoms with E-state index in [2.05, 4.69) is 29.2 Å². The van der Waals surface area contributed by atoms with E-state index >= 15 is 0 Å². The molecule has 4 rings (SSSR count). The van der Waals surface area contributed by atoms with Crippen LogP contribution in [0.5, 0.6) is 0 Å². The average Bonchev–Trinajstić information content (AvgIpc) is 2.86. The lowest BCUT2D eigenvalue weighted by atomic mass is 10.0. The van der Waals surface area contributed by atoms with Crippen LogP contribution in [0.2, 0.25) is 0 Å². The number of aromatic nitrogens is 2. The standard InChI is InChI=1S/C18H21N3/c19-16-7-3-4-8-17-15(16)11-20-18(21-17)14-9-12-5-1-2-6-13(12)10-14/h1-2,5-6,11,14,16H,3-4,7-10,19H2. The van der Waals surface area contributed by atoms with Crippen molar-refractivity contribution in [3.8, 4) is 0 Å². The van der Waals surface area contributed by atoms with E-state index < -0.39 is 0 Å². The van der Waals surface area contributed by atoms with Crippen molar-refractivity contribution in [1.29, 1.82) is 0 Å². The minimum Gasteiger partial charge on any atom is -0.324 e. The number of hydrogen-bond donors (Lipinski definition) is 1. The summed E-state index contributed by atoms with van der Waals surface area (Å²) in [7, 11) is 0. The van der Waals surface area contributed by atoms with E-state index in [1.54, 1.807) is 0 Å². The highest BCUT2D eigenvalue weighted by Gasteiger charge is 2.26. The highest BCUT2D eigenvalue weighted by atomic mass is 14.9. The molecule has 108 valence electrons. The first kappa shape index (κ1) is 13.0. The predicted octanol–water partition coefficient (Wildman–Crippen LogP) is 3.09. The summed E-state index contributed by atoms with van der Waals surface area (Å²) in [5.74, 6) is 1.45. The van der Waals surface area contributed by atoms with Gasteiger partial charge in [0.1, 0.15) is 5.82 Å². The van der Waals surface area contributed by atoms with Gasteiger partial charge in [-0.15, -0.1) is 0 Å². The van der Waals surface area contributed by atoms with Crippen molar-refractivity contribution < 1.29 is 0 Å². The first-order chi connectivity index (χ1) is 10.3. The zero-order valence-electron chi connectivity index (χ0n) is 12.3. The third kappa shape index (κ3) is 2.36. The second-order valence-corrected chi connectivity index (χ2v) is 6.36. The molecule has 0 aliphatic heterocycles. The van der Waals surface area contributed by atoms with Gasteiger partial charge in [-0.1, -0.05) is 30.7 Å². The van der Waals surface area contributed by atoms with Gasteiger partial charge in [0.15, 0.2) is 0 Å². The molecule has 0 amide bonds. The van der Waals surface area contributed by atoms with Crippen LogP contribution in [0, 0.1) is 0 Å². The molecule has 1 aromatic heterocycles. The molecule has 1 unspecified atom stereocenters. The summed E-state index contributed by atoms with van der Waals surface area (Å²) in [6.45, 7) is 0. The molecular formula is C18H21N3. The Labute approximate surface area is 125 Å². The maximum absolute atomic E-state index is 6.24. The number of nitrogens with zero attached hydrogens (tertiary/aromatic N) is 2. The van der Waals surface area contributed by atoms with Gasteiger partial charge < -0.3 is 5.73 Å². The maximum Gasteiger partial charge on any atom is 0.132 e. The van der Waals surface area contributed by atoms with Gasteiger partial charge in [0.2, 0.25) is 0 Å². The van der Waals surface area contributed by atoms with Gasteiger partial charge in [0.05, 0.1) is 0 Å². The number of nitrogens with two attached hydrogens (primary N) is 1. The Balaban J connectivity index is 1.64. The van der Waals surface area contributed by atoms with Crippen molar-refractivity contribution in [3.05, 3.63) is 58.7 Å². The summed E-state index contributed by atoms with van der Waals surface area (Å²) in [5.41, 5.74) is 11.5. The van der Waals surface area contributed by atoms with Crippen LogP contribution in [-0.2, 0) is 19.3 Å². The molecule has 3 nitrogen and oxygen atoms in total. The number of benzene rings is 1. The molecule has 2 aliphatic rings. The number of aryl methyl sites for hydroxylation is 1. The molecule has 3 heteroatoms. The van der Waals surface area contributed by atoms with Gasteiger partial charge in [-0.05, 0) is 43.2 Å². The molecule has 2 aromatic rings. The van der Waals surface area contributed by atoms with Crippen LogP contribution in [-0.4, -0.2) is 9.97 Å². The maximum atomic E-state index is 6.24. The van der Waals surface area contributed by atoms with E-state index in [0.29, 0.717) is 5.92 Å². The first-order valence-electron chi connectivity index (χ1n) is 7.99. The minimum atomic E-state index is 0.123. The van der Waals surface area contributed by atoms with Gasteiger partial charge in [-0.2, -0.15) is 0 Å². The van der Waals surface area contributed by atoms with Gasteiger partial charge in [-0.25, -0.2) is 9.97 Å². The zero-order chi connectivity index (χ0) is 14.2. The molecule has 1 atom stereocenters. The Kier molecular flexibility index (Phi) is 3.23. The van der Waals surface area contributed by atoms with Crippen molar-refractivity contribution in [2.75, 3.05) is 0 Å². The van der Waals surface area contributed by atoms with E-state index in [0.717, 1.165) is 31.5 Å². The number of fused-ring (bicyclic) bond motifs is 2. The highest BCUT2D eigenvalue weighted by Crippen LogP contribution is 2.33. The molecule has 0 spiro atoms. The zero-order valence-corrected chi connectivity index (χ0v) is 12.3. The Morgan fingerprint density at radius 1 is 1.05 bits per heavy atom. The Bertz CT molecular complexity index is 640. The lowest BCUT2D eigenvalue weighted by Crippen LogP contribution is -2.14. The van der Waals surface area contributed by atoms with Crippen molar-refractivity contribution in [1.82, 2.24) is 9.97 Å². The summed E-state index contributed by atoms with van der Waals surface area (Å²) in [6, 6.07) is 8.83. The quantitative estimate of drug-likeness (QED) is 0.816. The van der Waals surface area contributed by atoms with Crippen LogP contribution in [0.4, 0.5) is 0 Å². The minimum absolute atomic E-state index is 0.123. The Morgan fingerprint density at radius 3 is 2.57 bits per heavy atom. The van der Waals surface area contributed by atoms with E-state index in [4.69, 9.17) is 10.7 Å². The SMILES string of the molecule is NC1CCCCc2nc(C3Cc4ccccc4C3)ncc21. The van der Waals surface area contributed by atoms with E-state index in [1.807, 2.05) is 6.20 Å². The molecule has 0 saturated heterocycles. The van der Waals surface area contributed by atoms with Gasteiger partial charge >= 0.3 is 0 Å². The van der Waals surface area contributed by atoms with E-state index in [1.165, 1.54) is 35.2 Å². The molecule has 0 fully saturated rings. The molecule has 0 radical (unpaired) electrons. The number of rotatable bonds is 1. The van der Waals surface area contributed by atoms with Crippen LogP contribution >= 0.6 is 0 Å². The molecule has 0 saturated carbocycles. The highest BCUT2D eigenvalue weighted by molar-refractivity contribution is 5.35. The molecule has 2 N–H and O–H groups in total. The average molecular weight is 279 g/mol. The fourth-order valence-corrected chi connectivity index (χ4v) is 3.70. The summed E-state index contributed by atoms with van der Waals surface area (Å²) >= 11 is 0. The second kappa shape index (κ2) is 5.23. The van der Waals surface area contributed by atoms with Crippen LogP contribution in [0.25, 0.3) is 0 Å². The third-order valence-electron chi connectivity index (χ3n) is 4.91. The molecule has 21 heavy (non-hydrogen) atoms. The summed E-state index contributed by atoms with van der Waals surface area (Å²) in [4.78, 5) is 9.56. The van der Waals surface area contributed by atoms with Gasteiger partial charge in [0.25, 0.3) is 0 Å². The van der Waals surface area contributed by atoms with Crippen LogP contribution in [0.1, 0.15) is 59.4 Å². The van der Waals surface area contributed by atoms with Gasteiger partial charge in [-0.3, -0.25) is 0 Å². The Morgan fingerprint density at radius 2 is 1.81 bits per heavy atom. The summed E-state index contributed by atoms with van der Waals surface area (Å²) in [6.07, 6.45) is 8.64. The molecule has 1 heterocycles. The predicted molar refractivity (Wildman–Crippen MR) is 83.1 cm³/mol. The molecular weight excluding hydrogens is 258 g/mol. The monoisotopic (exact) mass is 279 g/mol. The van der Waals surface area contributed by atoms with Crippen molar-refractivity contribution >= 4 is 0 Å². The third-order valence-corrected chi connectivity index (χ3v) is 4.91. The van der Waals surface area contributed by atoms with Crippen LogP contribution < -0.4 is 5.73 Å². The molecule has 0 bridgehead atoms. The normalized spacial score (nSPS) is 21.7. The van der Waals surface area contributed by atoms with Crippen LogP contribution in [0.15, 0.2) is 30.5 Å².